The van der Waals surface area contributed by atoms with E-state index in [0.717, 1.165) is 6.42 Å². The zero-order valence-corrected chi connectivity index (χ0v) is 10.6. The maximum atomic E-state index is 5.90. The van der Waals surface area contributed by atoms with Crippen LogP contribution in [-0.2, 0) is 9.47 Å². The van der Waals surface area contributed by atoms with Crippen molar-refractivity contribution < 1.29 is 9.47 Å². The molecular formula is C11H22O2Si. The molecule has 0 bridgehead atoms. The van der Waals surface area contributed by atoms with Crippen molar-refractivity contribution >= 4 is 8.07 Å². The van der Waals surface area contributed by atoms with Crippen molar-refractivity contribution in [3.63, 3.8) is 0 Å². The highest BCUT2D eigenvalue weighted by Crippen LogP contribution is 2.26. The molecule has 0 spiro atoms. The van der Waals surface area contributed by atoms with E-state index in [1.807, 2.05) is 0 Å². The summed E-state index contributed by atoms with van der Waals surface area (Å²) in [5.41, 5.74) is 0. The lowest BCUT2D eigenvalue weighted by Crippen LogP contribution is -2.27. The van der Waals surface area contributed by atoms with Gasteiger partial charge in [0.2, 0.25) is 0 Å². The van der Waals surface area contributed by atoms with Gasteiger partial charge in [-0.05, 0) is 18.9 Å². The minimum absolute atomic E-state index is 0.300. The van der Waals surface area contributed by atoms with Crippen molar-refractivity contribution in [1.82, 2.24) is 0 Å². The highest BCUT2D eigenvalue weighted by atomic mass is 28.3. The molecule has 0 amide bonds. The molecule has 2 nitrogen and oxygen atoms in total. The van der Waals surface area contributed by atoms with Gasteiger partial charge in [0.25, 0.3) is 0 Å². The van der Waals surface area contributed by atoms with Gasteiger partial charge in [0.1, 0.15) is 6.61 Å². The zero-order valence-electron chi connectivity index (χ0n) is 9.58. The molecule has 0 aliphatic carbocycles. The predicted molar refractivity (Wildman–Crippen MR) is 62.2 cm³/mol. The average molecular weight is 214 g/mol. The molecule has 0 N–H and O–H groups in total. The number of ether oxygens (including phenoxy) is 2. The second kappa shape index (κ2) is 4.98. The van der Waals surface area contributed by atoms with Gasteiger partial charge in [-0.3, -0.25) is 0 Å². The van der Waals surface area contributed by atoms with Crippen molar-refractivity contribution in [1.29, 1.82) is 0 Å². The molecule has 1 heterocycles. The lowest BCUT2D eigenvalue weighted by molar-refractivity contribution is 0.0149. The van der Waals surface area contributed by atoms with Crippen LogP contribution in [0.1, 0.15) is 12.8 Å². The molecule has 3 heteroatoms. The molecule has 0 aromatic heterocycles. The van der Waals surface area contributed by atoms with Gasteiger partial charge in [-0.2, -0.15) is 0 Å². The summed E-state index contributed by atoms with van der Waals surface area (Å²) in [6.45, 7) is 11.4. The maximum Gasteiger partial charge on any atom is 0.113 e. The van der Waals surface area contributed by atoms with Gasteiger partial charge < -0.3 is 9.47 Å². The minimum Gasteiger partial charge on any atom is -0.499 e. The van der Waals surface area contributed by atoms with Crippen LogP contribution in [0.25, 0.3) is 0 Å². The molecule has 2 atom stereocenters. The fraction of sp³-hybridized carbons (Fsp3) is 0.818. The monoisotopic (exact) mass is 214 g/mol. The molecule has 1 aliphatic rings. The van der Waals surface area contributed by atoms with Gasteiger partial charge in [0.15, 0.2) is 0 Å². The summed E-state index contributed by atoms with van der Waals surface area (Å²) >= 11 is 0. The third-order valence-corrected chi connectivity index (χ3v) is 4.12. The van der Waals surface area contributed by atoms with Crippen molar-refractivity contribution in [2.45, 2.75) is 50.7 Å². The Hall–Kier alpha value is -0.283. The van der Waals surface area contributed by atoms with Gasteiger partial charge in [-0.25, -0.2) is 0 Å². The second-order valence-electron chi connectivity index (χ2n) is 5.22. The molecule has 1 saturated heterocycles. The molecular weight excluding hydrogens is 192 g/mol. The Morgan fingerprint density at radius 1 is 1.36 bits per heavy atom. The Morgan fingerprint density at radius 3 is 2.57 bits per heavy atom. The first-order valence-electron chi connectivity index (χ1n) is 5.39. The van der Waals surface area contributed by atoms with E-state index >= 15 is 0 Å². The first kappa shape index (κ1) is 11.8. The van der Waals surface area contributed by atoms with Gasteiger partial charge in [0.05, 0.1) is 18.5 Å². The Bertz CT molecular complexity index is 186. The van der Waals surface area contributed by atoms with Gasteiger partial charge in [0, 0.05) is 8.07 Å². The van der Waals surface area contributed by atoms with E-state index in [1.54, 1.807) is 0 Å². The smallest absolute Gasteiger partial charge is 0.113 e. The molecule has 0 aromatic rings. The molecule has 14 heavy (non-hydrogen) atoms. The molecule has 0 radical (unpaired) electrons. The van der Waals surface area contributed by atoms with Crippen LogP contribution < -0.4 is 0 Å². The Morgan fingerprint density at radius 2 is 2.00 bits per heavy atom. The summed E-state index contributed by atoms with van der Waals surface area (Å²) in [7, 11) is -0.969. The summed E-state index contributed by atoms with van der Waals surface area (Å²) in [4.78, 5) is 0. The molecule has 2 unspecified atom stereocenters. The lowest BCUT2D eigenvalue weighted by Gasteiger charge is -2.21. The van der Waals surface area contributed by atoms with Crippen LogP contribution in [0.4, 0.5) is 0 Å². The highest BCUT2D eigenvalue weighted by molar-refractivity contribution is 6.76. The summed E-state index contributed by atoms with van der Waals surface area (Å²) in [6, 6.07) is 1.28. The third-order valence-electron chi connectivity index (χ3n) is 2.44. The Balaban J connectivity index is 2.23. The van der Waals surface area contributed by atoms with Gasteiger partial charge in [-0.15, -0.1) is 0 Å². The fourth-order valence-corrected chi connectivity index (χ4v) is 3.58. The van der Waals surface area contributed by atoms with Crippen LogP contribution in [0, 0.1) is 0 Å². The van der Waals surface area contributed by atoms with Crippen molar-refractivity contribution in [3.05, 3.63) is 12.8 Å². The molecule has 0 saturated carbocycles. The van der Waals surface area contributed by atoms with Gasteiger partial charge >= 0.3 is 0 Å². The van der Waals surface area contributed by atoms with E-state index in [9.17, 15) is 0 Å². The highest BCUT2D eigenvalue weighted by Gasteiger charge is 2.29. The largest absolute Gasteiger partial charge is 0.499 e. The minimum atomic E-state index is -0.969. The Labute approximate surface area is 88.3 Å². The lowest BCUT2D eigenvalue weighted by atomic mass is 10.2. The first-order valence-corrected chi connectivity index (χ1v) is 9.10. The SMILES string of the molecule is C=COCC1CCC(C[Si](C)(C)C)O1. The molecule has 1 rings (SSSR count). The molecule has 1 aliphatic heterocycles. The zero-order chi connectivity index (χ0) is 10.6. The van der Waals surface area contributed by atoms with E-state index in [1.165, 1.54) is 18.7 Å². The molecule has 0 aromatic carbocycles. The summed E-state index contributed by atoms with van der Waals surface area (Å²) in [6.07, 6.45) is 4.63. The van der Waals surface area contributed by atoms with Gasteiger partial charge in [-0.1, -0.05) is 26.2 Å². The second-order valence-corrected chi connectivity index (χ2v) is 10.8. The van der Waals surface area contributed by atoms with E-state index < -0.39 is 8.07 Å². The topological polar surface area (TPSA) is 18.5 Å². The van der Waals surface area contributed by atoms with Crippen LogP contribution in [0.15, 0.2) is 12.8 Å². The average Bonchev–Trinajstić information content (AvgIpc) is 2.46. The predicted octanol–water partition coefficient (Wildman–Crippen LogP) is 3.03. The van der Waals surface area contributed by atoms with Crippen molar-refractivity contribution in [3.8, 4) is 0 Å². The molecule has 82 valence electrons. The summed E-state index contributed by atoms with van der Waals surface area (Å²) in [5.74, 6) is 0. The van der Waals surface area contributed by atoms with Crippen LogP contribution >= 0.6 is 0 Å². The Kier molecular flexibility index (Phi) is 4.20. The van der Waals surface area contributed by atoms with E-state index in [4.69, 9.17) is 9.47 Å². The quantitative estimate of drug-likeness (QED) is 0.517. The maximum absolute atomic E-state index is 5.90. The number of hydrogen-bond acceptors (Lipinski definition) is 2. The summed E-state index contributed by atoms with van der Waals surface area (Å²) in [5, 5.41) is 0. The summed E-state index contributed by atoms with van der Waals surface area (Å²) < 4.78 is 11.0. The number of rotatable bonds is 5. The van der Waals surface area contributed by atoms with E-state index in [-0.39, 0.29) is 0 Å². The van der Waals surface area contributed by atoms with Crippen LogP contribution in [0.2, 0.25) is 25.7 Å². The fourth-order valence-electron chi connectivity index (χ4n) is 1.91. The van der Waals surface area contributed by atoms with E-state index in [0.29, 0.717) is 18.8 Å². The normalized spacial score (nSPS) is 27.6. The van der Waals surface area contributed by atoms with Crippen LogP contribution in [-0.4, -0.2) is 26.9 Å². The van der Waals surface area contributed by atoms with Crippen molar-refractivity contribution in [2.24, 2.45) is 0 Å². The van der Waals surface area contributed by atoms with E-state index in [2.05, 4.69) is 26.2 Å². The standard InChI is InChI=1S/C11H22O2Si/c1-5-12-8-10-6-7-11(13-10)9-14(2,3)4/h5,10-11H,1,6-9H2,2-4H3. The third kappa shape index (κ3) is 4.29. The van der Waals surface area contributed by atoms with Crippen LogP contribution in [0.3, 0.4) is 0 Å². The molecule has 1 fully saturated rings. The van der Waals surface area contributed by atoms with Crippen molar-refractivity contribution in [2.75, 3.05) is 6.61 Å². The van der Waals surface area contributed by atoms with Crippen LogP contribution in [0.5, 0.6) is 0 Å². The number of hydrogen-bond donors (Lipinski definition) is 0. The first-order chi connectivity index (χ1) is 6.51.